The Morgan fingerprint density at radius 3 is 2.77 bits per heavy atom. The number of nitrogens with zero attached hydrogens (tertiary/aromatic N) is 4. The normalized spacial score (nSPS) is 17.9. The third-order valence-corrected chi connectivity index (χ3v) is 4.07. The largest absolute Gasteiger partial charge is 0.355 e. The Labute approximate surface area is 127 Å². The maximum atomic E-state index is 11.3. The Morgan fingerprint density at radius 2 is 2.05 bits per heavy atom. The number of carbonyl (C=O) groups is 1. The maximum Gasteiger partial charge on any atom is 0.220 e. The van der Waals surface area contributed by atoms with E-state index in [2.05, 4.69) is 32.4 Å². The summed E-state index contributed by atoms with van der Waals surface area (Å²) in [4.78, 5) is 24.5. The van der Waals surface area contributed by atoms with Crippen LogP contribution in [0, 0.1) is 0 Å². The van der Waals surface area contributed by atoms with Crippen LogP contribution < -0.4 is 5.32 Å². The summed E-state index contributed by atoms with van der Waals surface area (Å²) < 4.78 is 1.88. The molecule has 1 saturated heterocycles. The van der Waals surface area contributed by atoms with Gasteiger partial charge in [0.1, 0.15) is 5.52 Å². The fourth-order valence-electron chi connectivity index (χ4n) is 2.80. The number of hydrogen-bond donors (Lipinski definition) is 1. The van der Waals surface area contributed by atoms with Gasteiger partial charge < -0.3 is 9.88 Å². The number of aromatic nitrogens is 4. The second-order valence-electron chi connectivity index (χ2n) is 5.59. The van der Waals surface area contributed by atoms with Crippen molar-refractivity contribution in [2.75, 3.05) is 6.54 Å². The van der Waals surface area contributed by atoms with Gasteiger partial charge in [-0.1, -0.05) is 24.3 Å². The molecule has 6 heteroatoms. The molecule has 3 heterocycles. The average molecular weight is 293 g/mol. The van der Waals surface area contributed by atoms with E-state index in [-0.39, 0.29) is 11.8 Å². The van der Waals surface area contributed by atoms with E-state index in [9.17, 15) is 4.79 Å². The number of fused-ring (bicyclic) bond motifs is 1. The molecule has 1 unspecified atom stereocenters. The van der Waals surface area contributed by atoms with Crippen molar-refractivity contribution >= 4 is 17.1 Å². The van der Waals surface area contributed by atoms with Gasteiger partial charge in [-0.05, 0) is 5.56 Å². The lowest BCUT2D eigenvalue weighted by Crippen LogP contribution is -2.13. The number of aryl methyl sites for hydroxylation is 1. The number of amides is 1. The highest BCUT2D eigenvalue weighted by Crippen LogP contribution is 2.25. The highest BCUT2D eigenvalue weighted by Gasteiger charge is 2.22. The molecule has 2 aromatic heterocycles. The fourth-order valence-corrected chi connectivity index (χ4v) is 2.80. The third kappa shape index (κ3) is 2.13. The smallest absolute Gasteiger partial charge is 0.220 e. The molecule has 1 aliphatic heterocycles. The van der Waals surface area contributed by atoms with E-state index >= 15 is 0 Å². The summed E-state index contributed by atoms with van der Waals surface area (Å²) in [6, 6.07) is 8.12. The van der Waals surface area contributed by atoms with Crippen LogP contribution >= 0.6 is 0 Å². The Morgan fingerprint density at radius 1 is 1.23 bits per heavy atom. The van der Waals surface area contributed by atoms with Crippen LogP contribution in [0.2, 0.25) is 0 Å². The van der Waals surface area contributed by atoms with Crippen LogP contribution in [-0.2, 0) is 11.8 Å². The first-order valence-corrected chi connectivity index (χ1v) is 7.22. The predicted octanol–water partition coefficient (Wildman–Crippen LogP) is 1.63. The topological polar surface area (TPSA) is 72.7 Å². The minimum Gasteiger partial charge on any atom is -0.355 e. The van der Waals surface area contributed by atoms with Crippen LogP contribution in [0.25, 0.3) is 22.6 Å². The summed E-state index contributed by atoms with van der Waals surface area (Å²) >= 11 is 0. The average Bonchev–Trinajstić information content (AvgIpc) is 3.14. The Bertz CT molecular complexity index is 853. The van der Waals surface area contributed by atoms with Gasteiger partial charge in [0.2, 0.25) is 5.91 Å². The molecule has 22 heavy (non-hydrogen) atoms. The second-order valence-corrected chi connectivity index (χ2v) is 5.59. The first-order valence-electron chi connectivity index (χ1n) is 7.22. The van der Waals surface area contributed by atoms with E-state index in [0.717, 1.165) is 23.3 Å². The number of carbonyl (C=O) groups excluding carboxylic acids is 1. The van der Waals surface area contributed by atoms with E-state index in [4.69, 9.17) is 0 Å². The molecular formula is C16H15N5O. The second kappa shape index (κ2) is 4.91. The van der Waals surface area contributed by atoms with E-state index < -0.39 is 0 Å². The monoisotopic (exact) mass is 293 g/mol. The molecule has 0 radical (unpaired) electrons. The molecule has 6 nitrogen and oxygen atoms in total. The van der Waals surface area contributed by atoms with Crippen LogP contribution in [0.3, 0.4) is 0 Å². The summed E-state index contributed by atoms with van der Waals surface area (Å²) in [5, 5.41) is 2.86. The van der Waals surface area contributed by atoms with Crippen molar-refractivity contribution in [3.05, 3.63) is 42.4 Å². The summed E-state index contributed by atoms with van der Waals surface area (Å²) in [7, 11) is 1.92. The minimum absolute atomic E-state index is 0.124. The van der Waals surface area contributed by atoms with Crippen LogP contribution in [-0.4, -0.2) is 32.0 Å². The number of rotatable bonds is 2. The summed E-state index contributed by atoms with van der Waals surface area (Å²) in [5.41, 5.74) is 3.74. The molecule has 0 spiro atoms. The molecule has 1 aromatic carbocycles. The third-order valence-electron chi connectivity index (χ3n) is 4.07. The standard InChI is InChI=1S/C16H15N5O/c1-21-9-19-13-8-18-15(20-16(13)21)11-4-2-10(3-5-11)12-6-14(22)17-7-12/h2-5,8-9,12H,6-7H2,1H3,(H,17,22). The fraction of sp³-hybridized carbons (Fsp3) is 0.250. The van der Waals surface area contributed by atoms with Crippen LogP contribution in [0.5, 0.6) is 0 Å². The van der Waals surface area contributed by atoms with Gasteiger partial charge in [0.15, 0.2) is 11.5 Å². The SMILES string of the molecule is Cn1cnc2cnc(-c3ccc(C4CNC(=O)C4)cc3)nc21. The number of hydrogen-bond acceptors (Lipinski definition) is 4. The van der Waals surface area contributed by atoms with Crippen molar-refractivity contribution < 1.29 is 4.79 Å². The van der Waals surface area contributed by atoms with Crippen LogP contribution in [0.4, 0.5) is 0 Å². The molecule has 0 saturated carbocycles. The van der Waals surface area contributed by atoms with E-state index in [1.165, 1.54) is 5.56 Å². The van der Waals surface area contributed by atoms with Crippen molar-refractivity contribution in [1.29, 1.82) is 0 Å². The lowest BCUT2D eigenvalue weighted by atomic mass is 9.97. The van der Waals surface area contributed by atoms with E-state index in [1.54, 1.807) is 12.5 Å². The molecule has 1 amide bonds. The van der Waals surface area contributed by atoms with Gasteiger partial charge in [-0.3, -0.25) is 4.79 Å². The van der Waals surface area contributed by atoms with Crippen LogP contribution in [0.15, 0.2) is 36.8 Å². The van der Waals surface area contributed by atoms with Gasteiger partial charge in [-0.15, -0.1) is 0 Å². The summed E-state index contributed by atoms with van der Waals surface area (Å²) in [6.45, 7) is 0.718. The summed E-state index contributed by atoms with van der Waals surface area (Å²) in [5.74, 6) is 1.07. The molecule has 110 valence electrons. The zero-order valence-electron chi connectivity index (χ0n) is 12.2. The van der Waals surface area contributed by atoms with Gasteiger partial charge in [0.05, 0.1) is 12.5 Å². The lowest BCUT2D eigenvalue weighted by Gasteiger charge is -2.08. The van der Waals surface area contributed by atoms with E-state index in [1.807, 2.05) is 23.7 Å². The maximum absolute atomic E-state index is 11.3. The van der Waals surface area contributed by atoms with Crippen molar-refractivity contribution in [1.82, 2.24) is 24.8 Å². The van der Waals surface area contributed by atoms with Crippen molar-refractivity contribution in [3.63, 3.8) is 0 Å². The molecule has 4 rings (SSSR count). The van der Waals surface area contributed by atoms with Crippen molar-refractivity contribution in [2.24, 2.45) is 7.05 Å². The predicted molar refractivity (Wildman–Crippen MR) is 82.1 cm³/mol. The van der Waals surface area contributed by atoms with E-state index in [0.29, 0.717) is 12.2 Å². The zero-order valence-corrected chi connectivity index (χ0v) is 12.2. The van der Waals surface area contributed by atoms with Crippen molar-refractivity contribution in [2.45, 2.75) is 12.3 Å². The van der Waals surface area contributed by atoms with Gasteiger partial charge in [0.25, 0.3) is 0 Å². The molecule has 1 N–H and O–H groups in total. The lowest BCUT2D eigenvalue weighted by molar-refractivity contribution is -0.119. The van der Waals surface area contributed by atoms with Gasteiger partial charge in [-0.2, -0.15) is 0 Å². The Balaban J connectivity index is 1.66. The molecule has 0 aliphatic carbocycles. The highest BCUT2D eigenvalue weighted by atomic mass is 16.1. The summed E-state index contributed by atoms with van der Waals surface area (Å²) in [6.07, 6.45) is 4.04. The molecule has 1 atom stereocenters. The molecule has 1 aliphatic rings. The molecule has 0 bridgehead atoms. The molecule has 3 aromatic rings. The number of imidazole rings is 1. The minimum atomic E-state index is 0.124. The van der Waals surface area contributed by atoms with Gasteiger partial charge in [0, 0.05) is 31.5 Å². The first kappa shape index (κ1) is 12.9. The Hall–Kier alpha value is -2.76. The number of benzene rings is 1. The Kier molecular flexibility index (Phi) is 2.89. The zero-order chi connectivity index (χ0) is 15.1. The van der Waals surface area contributed by atoms with Crippen LogP contribution in [0.1, 0.15) is 17.9 Å². The van der Waals surface area contributed by atoms with Gasteiger partial charge >= 0.3 is 0 Å². The number of nitrogens with one attached hydrogen (secondary N) is 1. The highest BCUT2D eigenvalue weighted by molar-refractivity contribution is 5.79. The molecular weight excluding hydrogens is 278 g/mol. The quantitative estimate of drug-likeness (QED) is 0.779. The van der Waals surface area contributed by atoms with Gasteiger partial charge in [-0.25, -0.2) is 15.0 Å². The van der Waals surface area contributed by atoms with Crippen molar-refractivity contribution in [3.8, 4) is 11.4 Å². The first-order chi connectivity index (χ1) is 10.7. The molecule has 1 fully saturated rings.